The second-order valence-corrected chi connectivity index (χ2v) is 2.86. The molecule has 0 radical (unpaired) electrons. The largest absolute Gasteiger partial charge is 0.478 e. The average Bonchev–Trinajstić information content (AvgIpc) is 2.13. The molecule has 1 aromatic rings. The number of rotatable bonds is 1. The highest BCUT2D eigenvalue weighted by molar-refractivity contribution is 5.90. The Labute approximate surface area is 79.8 Å². The van der Waals surface area contributed by atoms with E-state index in [0.717, 1.165) is 0 Å². The van der Waals surface area contributed by atoms with Crippen molar-refractivity contribution in [2.45, 2.75) is 6.92 Å². The van der Waals surface area contributed by atoms with Gasteiger partial charge in [-0.1, -0.05) is 0 Å². The number of hydrogen-bond acceptors (Lipinski definition) is 3. The zero-order valence-electron chi connectivity index (χ0n) is 7.74. The Morgan fingerprint density at radius 1 is 1.64 bits per heavy atom. The van der Waals surface area contributed by atoms with Gasteiger partial charge in [-0.3, -0.25) is 4.79 Å². The number of nitrogens with zero attached hydrogens (tertiary/aromatic N) is 2. The van der Waals surface area contributed by atoms with E-state index in [2.05, 4.69) is 0 Å². The van der Waals surface area contributed by atoms with Gasteiger partial charge in [0, 0.05) is 12.7 Å². The molecule has 0 aliphatic rings. The molecule has 1 aromatic heterocycles. The maximum absolute atomic E-state index is 11.4. The minimum atomic E-state index is -1.26. The summed E-state index contributed by atoms with van der Waals surface area (Å²) in [6, 6.07) is 2.91. The van der Waals surface area contributed by atoms with E-state index in [4.69, 9.17) is 10.4 Å². The molecule has 5 nitrogen and oxygen atoms in total. The van der Waals surface area contributed by atoms with E-state index in [9.17, 15) is 9.59 Å². The molecule has 5 heteroatoms. The number of aromatic nitrogens is 1. The normalized spacial score (nSPS) is 9.50. The van der Waals surface area contributed by atoms with Crippen molar-refractivity contribution in [3.8, 4) is 6.07 Å². The lowest BCUT2D eigenvalue weighted by Gasteiger charge is -2.05. The molecule has 0 fully saturated rings. The first-order chi connectivity index (χ1) is 6.49. The van der Waals surface area contributed by atoms with E-state index in [1.54, 1.807) is 13.0 Å². The van der Waals surface area contributed by atoms with Crippen LogP contribution in [0.4, 0.5) is 0 Å². The molecule has 0 saturated carbocycles. The monoisotopic (exact) mass is 192 g/mol. The molecule has 14 heavy (non-hydrogen) atoms. The van der Waals surface area contributed by atoms with Crippen molar-refractivity contribution in [1.29, 1.82) is 5.26 Å². The molecule has 1 heterocycles. The van der Waals surface area contributed by atoms with Crippen LogP contribution in [0.5, 0.6) is 0 Å². The second kappa shape index (κ2) is 3.34. The van der Waals surface area contributed by atoms with Crippen molar-refractivity contribution in [3.05, 3.63) is 33.2 Å². The van der Waals surface area contributed by atoms with Crippen molar-refractivity contribution in [2.75, 3.05) is 0 Å². The second-order valence-electron chi connectivity index (χ2n) is 2.86. The molecule has 0 saturated heterocycles. The predicted molar refractivity (Wildman–Crippen MR) is 48.1 cm³/mol. The molecule has 1 N–H and O–H groups in total. The summed E-state index contributed by atoms with van der Waals surface area (Å²) in [5.74, 6) is -1.26. The fraction of sp³-hybridized carbons (Fsp3) is 0.222. The molecular formula is C9H8N2O3. The van der Waals surface area contributed by atoms with Crippen molar-refractivity contribution in [2.24, 2.45) is 7.05 Å². The quantitative estimate of drug-likeness (QED) is 0.691. The SMILES string of the molecule is Cc1cc(C(=O)O)c(C#N)c(=O)n1C. The van der Waals surface area contributed by atoms with Crippen LogP contribution >= 0.6 is 0 Å². The van der Waals surface area contributed by atoms with Crippen LogP contribution in [0, 0.1) is 18.3 Å². The number of aromatic carboxylic acids is 1. The number of carboxylic acid groups (broad SMARTS) is 1. The molecule has 0 unspecified atom stereocenters. The van der Waals surface area contributed by atoms with E-state index >= 15 is 0 Å². The molecule has 0 atom stereocenters. The van der Waals surface area contributed by atoms with Gasteiger partial charge in [-0.05, 0) is 13.0 Å². The zero-order valence-corrected chi connectivity index (χ0v) is 7.74. The molecule has 0 amide bonds. The average molecular weight is 192 g/mol. The minimum absolute atomic E-state index is 0.242. The van der Waals surface area contributed by atoms with Gasteiger partial charge >= 0.3 is 5.97 Å². The summed E-state index contributed by atoms with van der Waals surface area (Å²) in [7, 11) is 1.49. The number of carbonyl (C=O) groups is 1. The van der Waals surface area contributed by atoms with Crippen molar-refractivity contribution >= 4 is 5.97 Å². The van der Waals surface area contributed by atoms with Crippen LogP contribution in [0.3, 0.4) is 0 Å². The van der Waals surface area contributed by atoms with Gasteiger partial charge < -0.3 is 9.67 Å². The van der Waals surface area contributed by atoms with E-state index < -0.39 is 11.5 Å². The van der Waals surface area contributed by atoms with Crippen molar-refractivity contribution < 1.29 is 9.90 Å². The van der Waals surface area contributed by atoms with Gasteiger partial charge in [0.25, 0.3) is 5.56 Å². The first kappa shape index (κ1) is 9.99. The molecule has 0 aromatic carbocycles. The summed E-state index contributed by atoms with van der Waals surface area (Å²) in [5.41, 5.74) is -0.644. The van der Waals surface area contributed by atoms with Crippen LogP contribution in [0.25, 0.3) is 0 Å². The summed E-state index contributed by atoms with van der Waals surface area (Å²) in [6.45, 7) is 1.61. The number of carboxylic acids is 1. The van der Waals surface area contributed by atoms with Gasteiger partial charge in [0.2, 0.25) is 0 Å². The lowest BCUT2D eigenvalue weighted by molar-refractivity contribution is 0.0696. The summed E-state index contributed by atoms with van der Waals surface area (Å²) in [4.78, 5) is 22.1. The molecule has 72 valence electrons. The first-order valence-corrected chi connectivity index (χ1v) is 3.83. The van der Waals surface area contributed by atoms with Gasteiger partial charge in [-0.15, -0.1) is 0 Å². The van der Waals surface area contributed by atoms with Crippen LogP contribution in [-0.4, -0.2) is 15.6 Å². The van der Waals surface area contributed by atoms with Crippen molar-refractivity contribution in [1.82, 2.24) is 4.57 Å². The fourth-order valence-electron chi connectivity index (χ4n) is 1.10. The highest BCUT2D eigenvalue weighted by Gasteiger charge is 2.15. The van der Waals surface area contributed by atoms with E-state index in [1.807, 2.05) is 0 Å². The zero-order chi connectivity index (χ0) is 10.9. The Bertz CT molecular complexity index is 494. The molecule has 0 aliphatic carbocycles. The molecular weight excluding hydrogens is 184 g/mol. The van der Waals surface area contributed by atoms with Gasteiger partial charge in [0.05, 0.1) is 5.56 Å². The standard InChI is InChI=1S/C9H8N2O3/c1-5-3-6(9(13)14)7(4-10)8(12)11(5)2/h3H,1-2H3,(H,13,14). The minimum Gasteiger partial charge on any atom is -0.478 e. The highest BCUT2D eigenvalue weighted by atomic mass is 16.4. The van der Waals surface area contributed by atoms with Crippen LogP contribution in [0.1, 0.15) is 21.6 Å². The van der Waals surface area contributed by atoms with E-state index in [-0.39, 0.29) is 11.1 Å². The van der Waals surface area contributed by atoms with Gasteiger partial charge in [0.1, 0.15) is 11.6 Å². The Hall–Kier alpha value is -2.09. The molecule has 1 rings (SSSR count). The van der Waals surface area contributed by atoms with Crippen LogP contribution in [-0.2, 0) is 7.05 Å². The number of hydrogen-bond donors (Lipinski definition) is 1. The maximum Gasteiger partial charge on any atom is 0.337 e. The third kappa shape index (κ3) is 1.38. The van der Waals surface area contributed by atoms with Crippen molar-refractivity contribution in [3.63, 3.8) is 0 Å². The molecule has 0 spiro atoms. The summed E-state index contributed by atoms with van der Waals surface area (Å²) >= 11 is 0. The predicted octanol–water partition coefficient (Wildman–Crippen LogP) is 0.264. The third-order valence-electron chi connectivity index (χ3n) is 2.01. The van der Waals surface area contributed by atoms with E-state index in [0.29, 0.717) is 5.69 Å². The number of pyridine rings is 1. The fourth-order valence-corrected chi connectivity index (χ4v) is 1.10. The Morgan fingerprint density at radius 2 is 2.21 bits per heavy atom. The Morgan fingerprint density at radius 3 is 2.64 bits per heavy atom. The van der Waals surface area contributed by atoms with Crippen LogP contribution in [0.15, 0.2) is 10.9 Å². The Kier molecular flexibility index (Phi) is 2.38. The van der Waals surface area contributed by atoms with E-state index in [1.165, 1.54) is 17.7 Å². The number of nitriles is 1. The third-order valence-corrected chi connectivity index (χ3v) is 2.01. The highest BCUT2D eigenvalue weighted by Crippen LogP contribution is 2.05. The first-order valence-electron chi connectivity index (χ1n) is 3.83. The van der Waals surface area contributed by atoms with Gasteiger partial charge in [0.15, 0.2) is 0 Å². The smallest absolute Gasteiger partial charge is 0.337 e. The lowest BCUT2D eigenvalue weighted by Crippen LogP contribution is -2.24. The topological polar surface area (TPSA) is 83.1 Å². The summed E-state index contributed by atoms with van der Waals surface area (Å²) < 4.78 is 1.24. The van der Waals surface area contributed by atoms with Gasteiger partial charge in [-0.25, -0.2) is 4.79 Å². The maximum atomic E-state index is 11.4. The van der Waals surface area contributed by atoms with Gasteiger partial charge in [-0.2, -0.15) is 5.26 Å². The lowest BCUT2D eigenvalue weighted by atomic mass is 10.1. The Balaban J connectivity index is 3.72. The summed E-state index contributed by atoms with van der Waals surface area (Å²) in [6.07, 6.45) is 0. The summed E-state index contributed by atoms with van der Waals surface area (Å²) in [5, 5.41) is 17.4. The number of aryl methyl sites for hydroxylation is 1. The molecule has 0 bridgehead atoms. The van der Waals surface area contributed by atoms with Crippen LogP contribution < -0.4 is 5.56 Å². The molecule has 0 aliphatic heterocycles. The van der Waals surface area contributed by atoms with Crippen LogP contribution in [0.2, 0.25) is 0 Å².